The number of aryl methyl sites for hydroxylation is 2. The lowest BCUT2D eigenvalue weighted by Crippen LogP contribution is -1.90. The van der Waals surface area contributed by atoms with Crippen LogP contribution < -0.4 is 10.5 Å². The fourth-order valence-corrected chi connectivity index (χ4v) is 3.31. The number of hydrogen-bond donors (Lipinski definition) is 1. The van der Waals surface area contributed by atoms with Gasteiger partial charge in [0.2, 0.25) is 0 Å². The molecule has 0 aliphatic rings. The second-order valence-electron chi connectivity index (χ2n) is 4.68. The van der Waals surface area contributed by atoms with E-state index in [9.17, 15) is 0 Å². The van der Waals surface area contributed by atoms with Gasteiger partial charge in [-0.05, 0) is 55.3 Å². The Morgan fingerprint density at radius 3 is 2.55 bits per heavy atom. The van der Waals surface area contributed by atoms with Crippen molar-refractivity contribution in [3.8, 4) is 10.9 Å². The number of thiazole rings is 1. The van der Waals surface area contributed by atoms with Crippen molar-refractivity contribution >= 4 is 38.8 Å². The predicted octanol–water partition coefficient (Wildman–Crippen LogP) is 4.94. The number of nitrogens with zero attached hydrogens (tertiary/aromatic N) is 1. The molecule has 0 bridgehead atoms. The molecule has 0 saturated heterocycles. The van der Waals surface area contributed by atoms with Crippen molar-refractivity contribution in [2.45, 2.75) is 13.8 Å². The SMILES string of the molecule is Cc1cc(Cl)cc(C)c1Oc1nc2ccc(N)cc2s1. The first-order valence-corrected chi connectivity index (χ1v) is 7.33. The van der Waals surface area contributed by atoms with Crippen LogP contribution in [0.25, 0.3) is 10.2 Å². The largest absolute Gasteiger partial charge is 0.430 e. The number of hydrogen-bond acceptors (Lipinski definition) is 4. The van der Waals surface area contributed by atoms with E-state index in [1.807, 2.05) is 44.2 Å². The standard InChI is InChI=1S/C15H13ClN2OS/c1-8-5-10(16)6-9(2)14(8)19-15-18-12-4-3-11(17)7-13(12)20-15/h3-7H,17H2,1-2H3. The summed E-state index contributed by atoms with van der Waals surface area (Å²) in [7, 11) is 0. The second kappa shape index (κ2) is 4.96. The first-order valence-electron chi connectivity index (χ1n) is 6.13. The minimum absolute atomic E-state index is 0.610. The van der Waals surface area contributed by atoms with Crippen LogP contribution in [0.4, 0.5) is 5.69 Å². The van der Waals surface area contributed by atoms with Gasteiger partial charge in [-0.3, -0.25) is 0 Å². The Labute approximate surface area is 126 Å². The molecule has 1 heterocycles. The molecule has 0 aliphatic heterocycles. The fraction of sp³-hybridized carbons (Fsp3) is 0.133. The highest BCUT2D eigenvalue weighted by Crippen LogP contribution is 2.36. The number of fused-ring (bicyclic) bond motifs is 1. The number of anilines is 1. The fourth-order valence-electron chi connectivity index (χ4n) is 2.11. The molecule has 102 valence electrons. The Morgan fingerprint density at radius 2 is 1.85 bits per heavy atom. The minimum Gasteiger partial charge on any atom is -0.430 e. The lowest BCUT2D eigenvalue weighted by molar-refractivity contribution is 0.473. The Morgan fingerprint density at radius 1 is 1.15 bits per heavy atom. The predicted molar refractivity (Wildman–Crippen MR) is 85.0 cm³/mol. The molecule has 0 fully saturated rings. The Kier molecular flexibility index (Phi) is 3.28. The number of rotatable bonds is 2. The summed E-state index contributed by atoms with van der Waals surface area (Å²) in [5.74, 6) is 0.807. The molecule has 0 atom stereocenters. The van der Waals surface area contributed by atoms with Gasteiger partial charge in [-0.25, -0.2) is 4.98 Å². The van der Waals surface area contributed by atoms with Crippen molar-refractivity contribution in [3.05, 3.63) is 46.5 Å². The van der Waals surface area contributed by atoms with E-state index in [1.165, 1.54) is 11.3 Å². The zero-order chi connectivity index (χ0) is 14.3. The van der Waals surface area contributed by atoms with Crippen LogP contribution in [0.1, 0.15) is 11.1 Å². The average Bonchev–Trinajstić information content (AvgIpc) is 2.75. The van der Waals surface area contributed by atoms with Crippen LogP contribution in [0.5, 0.6) is 10.9 Å². The number of halogens is 1. The van der Waals surface area contributed by atoms with Crippen LogP contribution in [0.2, 0.25) is 5.02 Å². The summed E-state index contributed by atoms with van der Waals surface area (Å²) in [5.41, 5.74) is 9.38. The first-order chi connectivity index (χ1) is 9.52. The van der Waals surface area contributed by atoms with E-state index in [1.54, 1.807) is 0 Å². The van der Waals surface area contributed by atoms with Crippen LogP contribution >= 0.6 is 22.9 Å². The van der Waals surface area contributed by atoms with Crippen molar-refractivity contribution < 1.29 is 4.74 Å². The van der Waals surface area contributed by atoms with Gasteiger partial charge < -0.3 is 10.5 Å². The van der Waals surface area contributed by atoms with E-state index >= 15 is 0 Å². The van der Waals surface area contributed by atoms with E-state index in [0.717, 1.165) is 32.8 Å². The molecule has 3 nitrogen and oxygen atoms in total. The van der Waals surface area contributed by atoms with Crippen molar-refractivity contribution in [1.29, 1.82) is 0 Å². The molecule has 20 heavy (non-hydrogen) atoms. The Bertz CT molecular complexity index is 775. The van der Waals surface area contributed by atoms with Crippen LogP contribution in [-0.4, -0.2) is 4.98 Å². The van der Waals surface area contributed by atoms with Crippen molar-refractivity contribution in [1.82, 2.24) is 4.98 Å². The number of nitrogens with two attached hydrogens (primary N) is 1. The molecule has 0 saturated carbocycles. The summed E-state index contributed by atoms with van der Waals surface area (Å²) < 4.78 is 6.95. The summed E-state index contributed by atoms with van der Waals surface area (Å²) in [6.07, 6.45) is 0. The summed E-state index contributed by atoms with van der Waals surface area (Å²) in [6, 6.07) is 9.41. The van der Waals surface area contributed by atoms with Gasteiger partial charge in [0.1, 0.15) is 5.75 Å². The van der Waals surface area contributed by atoms with Gasteiger partial charge in [0.05, 0.1) is 10.2 Å². The highest BCUT2D eigenvalue weighted by atomic mass is 35.5. The number of nitrogen functional groups attached to an aromatic ring is 1. The molecule has 2 aromatic carbocycles. The summed E-state index contributed by atoms with van der Waals surface area (Å²) in [5, 5.41) is 1.32. The Balaban J connectivity index is 2.01. The smallest absolute Gasteiger partial charge is 0.279 e. The van der Waals surface area contributed by atoms with E-state index in [0.29, 0.717) is 10.2 Å². The van der Waals surface area contributed by atoms with Gasteiger partial charge >= 0.3 is 0 Å². The quantitative estimate of drug-likeness (QED) is 0.682. The van der Waals surface area contributed by atoms with Gasteiger partial charge in [0.15, 0.2) is 0 Å². The molecule has 0 amide bonds. The van der Waals surface area contributed by atoms with Gasteiger partial charge in [-0.2, -0.15) is 0 Å². The number of benzene rings is 2. The molecular formula is C15H13ClN2OS. The molecule has 0 aliphatic carbocycles. The maximum atomic E-state index is 6.02. The molecule has 0 spiro atoms. The lowest BCUT2D eigenvalue weighted by Gasteiger charge is -2.09. The molecule has 0 radical (unpaired) electrons. The van der Waals surface area contributed by atoms with Gasteiger partial charge in [-0.15, -0.1) is 0 Å². The van der Waals surface area contributed by atoms with E-state index < -0.39 is 0 Å². The van der Waals surface area contributed by atoms with Crippen molar-refractivity contribution in [2.24, 2.45) is 0 Å². The van der Waals surface area contributed by atoms with Crippen LogP contribution in [0, 0.1) is 13.8 Å². The maximum Gasteiger partial charge on any atom is 0.279 e. The summed E-state index contributed by atoms with van der Waals surface area (Å²) in [6.45, 7) is 3.94. The zero-order valence-corrected chi connectivity index (χ0v) is 12.7. The van der Waals surface area contributed by atoms with Crippen molar-refractivity contribution in [2.75, 3.05) is 5.73 Å². The van der Waals surface area contributed by atoms with Gasteiger partial charge in [0.25, 0.3) is 5.19 Å². The molecule has 3 rings (SSSR count). The summed E-state index contributed by atoms with van der Waals surface area (Å²) >= 11 is 7.51. The van der Waals surface area contributed by atoms with Crippen LogP contribution in [0.3, 0.4) is 0 Å². The lowest BCUT2D eigenvalue weighted by atomic mass is 10.1. The highest BCUT2D eigenvalue weighted by Gasteiger charge is 2.11. The van der Waals surface area contributed by atoms with E-state index in [4.69, 9.17) is 22.1 Å². The molecule has 1 aromatic heterocycles. The number of aromatic nitrogens is 1. The van der Waals surface area contributed by atoms with Crippen LogP contribution in [0.15, 0.2) is 30.3 Å². The summed E-state index contributed by atoms with van der Waals surface area (Å²) in [4.78, 5) is 4.46. The number of ether oxygens (including phenoxy) is 1. The van der Waals surface area contributed by atoms with Crippen molar-refractivity contribution in [3.63, 3.8) is 0 Å². The second-order valence-corrected chi connectivity index (χ2v) is 6.11. The molecular weight excluding hydrogens is 292 g/mol. The third-order valence-electron chi connectivity index (χ3n) is 3.01. The molecule has 5 heteroatoms. The minimum atomic E-state index is 0.610. The third-order valence-corrected chi connectivity index (χ3v) is 4.12. The molecule has 0 unspecified atom stereocenters. The molecule has 2 N–H and O–H groups in total. The maximum absolute atomic E-state index is 6.02. The van der Waals surface area contributed by atoms with E-state index in [2.05, 4.69) is 4.98 Å². The molecule has 3 aromatic rings. The van der Waals surface area contributed by atoms with Gasteiger partial charge in [0, 0.05) is 10.7 Å². The highest BCUT2D eigenvalue weighted by molar-refractivity contribution is 7.20. The first kappa shape index (κ1) is 13.2. The van der Waals surface area contributed by atoms with Gasteiger partial charge in [-0.1, -0.05) is 22.9 Å². The normalized spacial score (nSPS) is 10.9. The topological polar surface area (TPSA) is 48.1 Å². The third kappa shape index (κ3) is 2.44. The Hall–Kier alpha value is -1.78. The zero-order valence-electron chi connectivity index (χ0n) is 11.1. The van der Waals surface area contributed by atoms with E-state index in [-0.39, 0.29) is 0 Å². The average molecular weight is 305 g/mol. The van der Waals surface area contributed by atoms with Crippen LogP contribution in [-0.2, 0) is 0 Å². The monoisotopic (exact) mass is 304 g/mol.